The van der Waals surface area contributed by atoms with Gasteiger partial charge in [-0.05, 0) is 25.7 Å². The maximum absolute atomic E-state index is 11.3. The Morgan fingerprint density at radius 1 is 0.867 bits per heavy atom. The van der Waals surface area contributed by atoms with E-state index in [-0.39, 0.29) is 5.91 Å². The van der Waals surface area contributed by atoms with Gasteiger partial charge >= 0.3 is 0 Å². The van der Waals surface area contributed by atoms with E-state index in [1.54, 1.807) is 0 Å². The molecule has 15 heavy (non-hydrogen) atoms. The van der Waals surface area contributed by atoms with Crippen molar-refractivity contribution in [2.45, 2.75) is 57.8 Å². The minimum absolute atomic E-state index is 0.205. The molecule has 1 N–H and O–H groups in total. The van der Waals surface area contributed by atoms with Gasteiger partial charge in [-0.3, -0.25) is 4.79 Å². The van der Waals surface area contributed by atoms with Crippen molar-refractivity contribution < 1.29 is 4.79 Å². The fourth-order valence-electron chi connectivity index (χ4n) is 1.86. The first-order chi connectivity index (χ1) is 7.39. The highest BCUT2D eigenvalue weighted by Crippen LogP contribution is 2.08. The van der Waals surface area contributed by atoms with Crippen LogP contribution in [0.25, 0.3) is 0 Å². The maximum atomic E-state index is 11.3. The van der Waals surface area contributed by atoms with Gasteiger partial charge in [0, 0.05) is 13.0 Å². The second-order valence-electron chi connectivity index (χ2n) is 4.27. The minimum atomic E-state index is 0.205. The molecule has 0 fully saturated rings. The summed E-state index contributed by atoms with van der Waals surface area (Å²) in [4.78, 5) is 11.3. The summed E-state index contributed by atoms with van der Waals surface area (Å²) in [7, 11) is 0. The molecule has 0 atom stereocenters. The van der Waals surface area contributed by atoms with Crippen molar-refractivity contribution in [2.24, 2.45) is 0 Å². The molecule has 86 valence electrons. The second kappa shape index (κ2) is 8.51. The van der Waals surface area contributed by atoms with Gasteiger partial charge in [-0.15, -0.1) is 0 Å². The van der Waals surface area contributed by atoms with Gasteiger partial charge < -0.3 is 5.32 Å². The van der Waals surface area contributed by atoms with Crippen molar-refractivity contribution in [3.63, 3.8) is 0 Å². The molecule has 1 heterocycles. The molecule has 1 aliphatic heterocycles. The summed E-state index contributed by atoms with van der Waals surface area (Å²) in [6, 6.07) is 0. The molecule has 1 amide bonds. The van der Waals surface area contributed by atoms with Crippen LogP contribution in [0.4, 0.5) is 0 Å². The Kier molecular flexibility index (Phi) is 6.97. The van der Waals surface area contributed by atoms with Crippen LogP contribution >= 0.6 is 0 Å². The molecule has 0 spiro atoms. The fourth-order valence-corrected chi connectivity index (χ4v) is 1.86. The molecule has 2 heteroatoms. The van der Waals surface area contributed by atoms with E-state index in [1.807, 2.05) is 0 Å². The van der Waals surface area contributed by atoms with E-state index in [2.05, 4.69) is 17.5 Å². The molecule has 0 aliphatic carbocycles. The van der Waals surface area contributed by atoms with E-state index >= 15 is 0 Å². The first kappa shape index (κ1) is 12.3. The molecule has 0 saturated carbocycles. The molecule has 1 aliphatic rings. The van der Waals surface area contributed by atoms with E-state index in [1.165, 1.54) is 38.5 Å². The second-order valence-corrected chi connectivity index (χ2v) is 4.27. The monoisotopic (exact) mass is 209 g/mol. The number of hydrogen-bond acceptors (Lipinski definition) is 1. The molecule has 0 saturated heterocycles. The average molecular weight is 209 g/mol. The predicted octanol–water partition coefficient (Wildman–Crippen LogP) is 3.18. The standard InChI is InChI=1S/C13H23NO/c15-13-11-9-7-5-3-1-2-4-6-8-10-12-14-13/h5,7H,1-4,6,8-12H2,(H,14,15)/b7-5+. The van der Waals surface area contributed by atoms with Gasteiger partial charge in [-0.1, -0.05) is 37.8 Å². The van der Waals surface area contributed by atoms with E-state index in [0.29, 0.717) is 6.42 Å². The predicted molar refractivity (Wildman–Crippen MR) is 63.7 cm³/mol. The van der Waals surface area contributed by atoms with E-state index in [9.17, 15) is 4.79 Å². The van der Waals surface area contributed by atoms with Crippen LogP contribution in [0.1, 0.15) is 57.8 Å². The summed E-state index contributed by atoms with van der Waals surface area (Å²) >= 11 is 0. The average Bonchev–Trinajstić information content (AvgIpc) is 2.24. The van der Waals surface area contributed by atoms with Gasteiger partial charge in [-0.25, -0.2) is 0 Å². The van der Waals surface area contributed by atoms with E-state index in [4.69, 9.17) is 0 Å². The Balaban J connectivity index is 2.22. The summed E-state index contributed by atoms with van der Waals surface area (Å²) in [5, 5.41) is 2.96. The summed E-state index contributed by atoms with van der Waals surface area (Å²) in [6.07, 6.45) is 14.8. The summed E-state index contributed by atoms with van der Waals surface area (Å²) in [5.41, 5.74) is 0. The Morgan fingerprint density at radius 3 is 2.40 bits per heavy atom. The first-order valence-electron chi connectivity index (χ1n) is 6.31. The summed E-state index contributed by atoms with van der Waals surface area (Å²) < 4.78 is 0. The van der Waals surface area contributed by atoms with Crippen molar-refractivity contribution in [3.8, 4) is 0 Å². The van der Waals surface area contributed by atoms with Gasteiger partial charge in [0.25, 0.3) is 0 Å². The van der Waals surface area contributed by atoms with Crippen molar-refractivity contribution in [2.75, 3.05) is 6.54 Å². The van der Waals surface area contributed by atoms with Crippen LogP contribution in [-0.4, -0.2) is 12.5 Å². The van der Waals surface area contributed by atoms with Crippen LogP contribution in [-0.2, 0) is 4.79 Å². The molecule has 0 aromatic heterocycles. The third-order valence-electron chi connectivity index (χ3n) is 2.82. The number of allylic oxidation sites excluding steroid dienone is 2. The van der Waals surface area contributed by atoms with E-state index < -0.39 is 0 Å². The number of rotatable bonds is 0. The van der Waals surface area contributed by atoms with Gasteiger partial charge in [0.2, 0.25) is 5.91 Å². The fraction of sp³-hybridized carbons (Fsp3) is 0.769. The molecule has 0 radical (unpaired) electrons. The zero-order valence-electron chi connectivity index (χ0n) is 9.63. The van der Waals surface area contributed by atoms with Crippen LogP contribution < -0.4 is 5.32 Å². The van der Waals surface area contributed by atoms with Crippen LogP contribution in [0.5, 0.6) is 0 Å². The SMILES string of the molecule is O=C1CC/C=C/CCCCCCCCN1. The highest BCUT2D eigenvalue weighted by atomic mass is 16.1. The van der Waals surface area contributed by atoms with Gasteiger partial charge in [0.1, 0.15) is 0 Å². The third-order valence-corrected chi connectivity index (χ3v) is 2.82. The van der Waals surface area contributed by atoms with Gasteiger partial charge in [-0.2, -0.15) is 0 Å². The third kappa shape index (κ3) is 7.18. The molecule has 2 nitrogen and oxygen atoms in total. The Morgan fingerprint density at radius 2 is 1.53 bits per heavy atom. The van der Waals surface area contributed by atoms with Crippen molar-refractivity contribution >= 4 is 5.91 Å². The topological polar surface area (TPSA) is 29.1 Å². The van der Waals surface area contributed by atoms with Crippen LogP contribution in [0.3, 0.4) is 0 Å². The number of hydrogen-bond donors (Lipinski definition) is 1. The normalized spacial score (nSPS) is 23.9. The maximum Gasteiger partial charge on any atom is 0.220 e. The molecule has 0 aromatic rings. The smallest absolute Gasteiger partial charge is 0.220 e. The molecule has 1 rings (SSSR count). The quantitative estimate of drug-likeness (QED) is 0.610. The van der Waals surface area contributed by atoms with Gasteiger partial charge in [0.15, 0.2) is 0 Å². The number of amides is 1. The Labute approximate surface area is 93.1 Å². The number of nitrogens with one attached hydrogen (secondary N) is 1. The lowest BCUT2D eigenvalue weighted by Gasteiger charge is -2.05. The molecular formula is C13H23NO. The Bertz CT molecular complexity index is 199. The van der Waals surface area contributed by atoms with Crippen LogP contribution in [0.15, 0.2) is 12.2 Å². The lowest BCUT2D eigenvalue weighted by atomic mass is 10.1. The molecular weight excluding hydrogens is 186 g/mol. The lowest BCUT2D eigenvalue weighted by Crippen LogP contribution is -2.23. The number of carbonyl (C=O) groups is 1. The van der Waals surface area contributed by atoms with Crippen LogP contribution in [0, 0.1) is 0 Å². The lowest BCUT2D eigenvalue weighted by molar-refractivity contribution is -0.121. The highest BCUT2D eigenvalue weighted by Gasteiger charge is 1.99. The largest absolute Gasteiger partial charge is 0.356 e. The minimum Gasteiger partial charge on any atom is -0.356 e. The first-order valence-corrected chi connectivity index (χ1v) is 6.31. The molecule has 0 bridgehead atoms. The van der Waals surface area contributed by atoms with Crippen molar-refractivity contribution in [3.05, 3.63) is 12.2 Å². The number of carbonyl (C=O) groups excluding carboxylic acids is 1. The Hall–Kier alpha value is -0.790. The zero-order valence-corrected chi connectivity index (χ0v) is 9.63. The molecule has 0 unspecified atom stereocenters. The summed E-state index contributed by atoms with van der Waals surface area (Å²) in [6.45, 7) is 0.864. The van der Waals surface area contributed by atoms with Gasteiger partial charge in [0.05, 0.1) is 0 Å². The van der Waals surface area contributed by atoms with Crippen molar-refractivity contribution in [1.29, 1.82) is 0 Å². The molecule has 0 aromatic carbocycles. The zero-order chi connectivity index (χ0) is 10.8. The van der Waals surface area contributed by atoms with E-state index in [0.717, 1.165) is 19.4 Å². The van der Waals surface area contributed by atoms with Crippen molar-refractivity contribution in [1.82, 2.24) is 5.32 Å². The van der Waals surface area contributed by atoms with Crippen LogP contribution in [0.2, 0.25) is 0 Å². The highest BCUT2D eigenvalue weighted by molar-refractivity contribution is 5.75. The summed E-state index contributed by atoms with van der Waals surface area (Å²) in [5.74, 6) is 0.205.